The van der Waals surface area contributed by atoms with Crippen molar-refractivity contribution in [2.75, 3.05) is 26.3 Å². The van der Waals surface area contributed by atoms with Crippen molar-refractivity contribution in [2.24, 2.45) is 5.73 Å². The maximum atomic E-state index is 12.7. The van der Waals surface area contributed by atoms with Crippen molar-refractivity contribution < 1.29 is 14.3 Å². The second kappa shape index (κ2) is 6.46. The quantitative estimate of drug-likeness (QED) is 0.607. The summed E-state index contributed by atoms with van der Waals surface area (Å²) >= 11 is 0. The molecule has 1 saturated heterocycles. The maximum absolute atomic E-state index is 12.7. The monoisotopic (exact) mass is 305 g/mol. The van der Waals surface area contributed by atoms with Gasteiger partial charge in [-0.25, -0.2) is 4.79 Å². The van der Waals surface area contributed by atoms with Gasteiger partial charge in [0, 0.05) is 6.54 Å². The number of amides is 3. The molecule has 0 aliphatic carbocycles. The zero-order chi connectivity index (χ0) is 16.3. The van der Waals surface area contributed by atoms with Gasteiger partial charge in [0.2, 0.25) is 0 Å². The first-order chi connectivity index (χ1) is 10.4. The third kappa shape index (κ3) is 2.98. The number of rotatable bonds is 6. The van der Waals surface area contributed by atoms with Crippen LogP contribution in [-0.2, 0) is 15.1 Å². The number of benzene rings is 1. The number of aryl methyl sites for hydroxylation is 2. The summed E-state index contributed by atoms with van der Waals surface area (Å²) in [6, 6.07) is 5.40. The van der Waals surface area contributed by atoms with Crippen LogP contribution in [-0.4, -0.2) is 43.1 Å². The van der Waals surface area contributed by atoms with Gasteiger partial charge in [-0.3, -0.25) is 9.69 Å². The van der Waals surface area contributed by atoms with Crippen molar-refractivity contribution in [3.8, 4) is 0 Å². The van der Waals surface area contributed by atoms with E-state index in [4.69, 9.17) is 10.5 Å². The lowest BCUT2D eigenvalue weighted by atomic mass is 9.90. The zero-order valence-corrected chi connectivity index (χ0v) is 13.3. The molecule has 0 bridgehead atoms. The first-order valence-corrected chi connectivity index (χ1v) is 7.40. The predicted molar refractivity (Wildman–Crippen MR) is 83.4 cm³/mol. The fraction of sp³-hybridized carbons (Fsp3) is 0.500. The highest BCUT2D eigenvalue weighted by molar-refractivity contribution is 6.07. The van der Waals surface area contributed by atoms with Crippen LogP contribution in [0.5, 0.6) is 0 Å². The van der Waals surface area contributed by atoms with E-state index >= 15 is 0 Å². The molecule has 1 unspecified atom stereocenters. The number of hydrogen-bond acceptors (Lipinski definition) is 4. The van der Waals surface area contributed by atoms with E-state index in [1.807, 2.05) is 32.0 Å². The second-order valence-corrected chi connectivity index (χ2v) is 5.71. The molecule has 22 heavy (non-hydrogen) atoms. The average Bonchev–Trinajstić information content (AvgIpc) is 2.70. The van der Waals surface area contributed by atoms with Crippen LogP contribution >= 0.6 is 0 Å². The van der Waals surface area contributed by atoms with E-state index in [0.717, 1.165) is 16.7 Å². The van der Waals surface area contributed by atoms with Crippen LogP contribution in [0.15, 0.2) is 18.2 Å². The number of nitrogens with zero attached hydrogens (tertiary/aromatic N) is 1. The van der Waals surface area contributed by atoms with Gasteiger partial charge in [0.1, 0.15) is 5.54 Å². The molecule has 1 heterocycles. The number of nitrogens with one attached hydrogen (secondary N) is 1. The minimum absolute atomic E-state index is 0.227. The van der Waals surface area contributed by atoms with Gasteiger partial charge in [0.25, 0.3) is 5.91 Å². The summed E-state index contributed by atoms with van der Waals surface area (Å²) in [5.74, 6) is -0.253. The first-order valence-electron chi connectivity index (χ1n) is 7.40. The number of ether oxygens (including phenoxy) is 1. The number of hydrogen-bond donors (Lipinski definition) is 2. The fourth-order valence-corrected chi connectivity index (χ4v) is 2.49. The molecule has 0 saturated carbocycles. The molecule has 1 aromatic carbocycles. The van der Waals surface area contributed by atoms with Gasteiger partial charge >= 0.3 is 6.03 Å². The highest BCUT2D eigenvalue weighted by atomic mass is 16.5. The van der Waals surface area contributed by atoms with E-state index in [-0.39, 0.29) is 18.5 Å². The summed E-state index contributed by atoms with van der Waals surface area (Å²) in [7, 11) is 0. The van der Waals surface area contributed by atoms with E-state index in [0.29, 0.717) is 19.8 Å². The lowest BCUT2D eigenvalue weighted by Crippen LogP contribution is -2.41. The summed E-state index contributed by atoms with van der Waals surface area (Å²) in [5.41, 5.74) is 7.34. The van der Waals surface area contributed by atoms with Crippen molar-refractivity contribution >= 4 is 11.9 Å². The summed E-state index contributed by atoms with van der Waals surface area (Å²) in [6.07, 6.45) is 0. The van der Waals surface area contributed by atoms with Crippen molar-refractivity contribution in [3.63, 3.8) is 0 Å². The Kier molecular flexibility index (Phi) is 4.83. The Morgan fingerprint density at radius 3 is 2.59 bits per heavy atom. The van der Waals surface area contributed by atoms with Gasteiger partial charge in [-0.1, -0.05) is 18.2 Å². The lowest BCUT2D eigenvalue weighted by molar-refractivity contribution is -0.131. The molecule has 6 heteroatoms. The molecular weight excluding hydrogens is 282 g/mol. The van der Waals surface area contributed by atoms with Gasteiger partial charge in [-0.2, -0.15) is 0 Å². The summed E-state index contributed by atoms with van der Waals surface area (Å²) in [5, 5.41) is 2.79. The average molecular weight is 305 g/mol. The van der Waals surface area contributed by atoms with Crippen LogP contribution in [0.4, 0.5) is 4.79 Å². The maximum Gasteiger partial charge on any atom is 0.325 e. The summed E-state index contributed by atoms with van der Waals surface area (Å²) < 4.78 is 5.25. The van der Waals surface area contributed by atoms with Crippen molar-refractivity contribution in [2.45, 2.75) is 26.3 Å². The molecule has 0 spiro atoms. The van der Waals surface area contributed by atoms with E-state index < -0.39 is 5.54 Å². The van der Waals surface area contributed by atoms with Crippen molar-refractivity contribution in [1.29, 1.82) is 0 Å². The zero-order valence-electron chi connectivity index (χ0n) is 13.3. The smallest absolute Gasteiger partial charge is 0.325 e. The SMILES string of the molecule is Cc1ccc(C2(C)NC(=O)N(CCOCCN)C2=O)cc1C. The third-order valence-electron chi connectivity index (χ3n) is 4.08. The van der Waals surface area contributed by atoms with Gasteiger partial charge < -0.3 is 15.8 Å². The number of imide groups is 1. The van der Waals surface area contributed by atoms with E-state index in [1.54, 1.807) is 6.92 Å². The molecule has 6 nitrogen and oxygen atoms in total. The number of urea groups is 1. The summed E-state index contributed by atoms with van der Waals surface area (Å²) in [4.78, 5) is 26.0. The minimum atomic E-state index is -1.02. The highest BCUT2D eigenvalue weighted by Gasteiger charge is 2.48. The molecule has 0 radical (unpaired) electrons. The Morgan fingerprint density at radius 1 is 1.23 bits per heavy atom. The summed E-state index contributed by atoms with van der Waals surface area (Å²) in [6.45, 7) is 7.08. The molecule has 120 valence electrons. The Labute approximate surface area is 130 Å². The highest BCUT2D eigenvalue weighted by Crippen LogP contribution is 2.29. The van der Waals surface area contributed by atoms with Gasteiger partial charge in [0.05, 0.1) is 19.8 Å². The molecule has 3 N–H and O–H groups in total. The van der Waals surface area contributed by atoms with Crippen LogP contribution in [0, 0.1) is 13.8 Å². The van der Waals surface area contributed by atoms with Crippen LogP contribution in [0.2, 0.25) is 0 Å². The predicted octanol–water partition coefficient (Wildman–Crippen LogP) is 1.05. The number of carbonyl (C=O) groups excluding carboxylic acids is 2. The molecule has 2 rings (SSSR count). The van der Waals surface area contributed by atoms with Crippen LogP contribution in [0.3, 0.4) is 0 Å². The normalized spacial score (nSPS) is 21.4. The van der Waals surface area contributed by atoms with Crippen LogP contribution in [0.1, 0.15) is 23.6 Å². The van der Waals surface area contributed by atoms with Crippen LogP contribution in [0.25, 0.3) is 0 Å². The van der Waals surface area contributed by atoms with E-state index in [2.05, 4.69) is 5.32 Å². The van der Waals surface area contributed by atoms with Gasteiger partial charge in [-0.15, -0.1) is 0 Å². The van der Waals surface area contributed by atoms with Crippen LogP contribution < -0.4 is 11.1 Å². The van der Waals surface area contributed by atoms with Gasteiger partial charge in [0.15, 0.2) is 0 Å². The molecule has 1 aromatic rings. The largest absolute Gasteiger partial charge is 0.378 e. The Balaban J connectivity index is 2.16. The molecular formula is C16H23N3O3. The molecule has 1 atom stereocenters. The molecule has 1 aliphatic heterocycles. The van der Waals surface area contributed by atoms with Crippen molar-refractivity contribution in [3.05, 3.63) is 34.9 Å². The second-order valence-electron chi connectivity index (χ2n) is 5.71. The molecule has 3 amide bonds. The standard InChI is InChI=1S/C16H23N3O3/c1-11-4-5-13(10-12(11)2)16(3)14(20)19(15(21)18-16)7-9-22-8-6-17/h4-5,10H,6-9,17H2,1-3H3,(H,18,21). The molecule has 1 aliphatic rings. The Hall–Kier alpha value is -1.92. The number of nitrogens with two attached hydrogens (primary N) is 1. The molecule has 1 fully saturated rings. The fourth-order valence-electron chi connectivity index (χ4n) is 2.49. The third-order valence-corrected chi connectivity index (χ3v) is 4.08. The van der Waals surface area contributed by atoms with E-state index in [1.165, 1.54) is 4.90 Å². The molecule has 0 aromatic heterocycles. The Bertz CT molecular complexity index is 588. The topological polar surface area (TPSA) is 84.7 Å². The first kappa shape index (κ1) is 16.5. The van der Waals surface area contributed by atoms with Crippen molar-refractivity contribution in [1.82, 2.24) is 10.2 Å². The van der Waals surface area contributed by atoms with Gasteiger partial charge in [-0.05, 0) is 37.5 Å². The lowest BCUT2D eigenvalue weighted by Gasteiger charge is -2.23. The minimum Gasteiger partial charge on any atom is -0.378 e. The van der Waals surface area contributed by atoms with E-state index in [9.17, 15) is 9.59 Å². The Morgan fingerprint density at radius 2 is 1.95 bits per heavy atom. The number of carbonyl (C=O) groups is 2.